The van der Waals surface area contributed by atoms with E-state index in [2.05, 4.69) is 0 Å². The van der Waals surface area contributed by atoms with Crippen LogP contribution in [0.3, 0.4) is 0 Å². The van der Waals surface area contributed by atoms with Gasteiger partial charge in [0.15, 0.2) is 0 Å². The molecular weight excluding hydrogens is 272 g/mol. The molecule has 0 spiro atoms. The maximum Gasteiger partial charge on any atom is 0.272 e. The first-order chi connectivity index (χ1) is 9.54. The molecule has 2 unspecified atom stereocenters. The molecule has 0 fully saturated rings. The van der Waals surface area contributed by atoms with Gasteiger partial charge in [0.2, 0.25) is 0 Å². The highest BCUT2D eigenvalue weighted by Gasteiger charge is 2.33. The summed E-state index contributed by atoms with van der Waals surface area (Å²) in [5.74, 6) is -0.270. The highest BCUT2D eigenvalue weighted by atomic mass is 32.2. The molecule has 0 aliphatic heterocycles. The topological polar surface area (TPSA) is 54.4 Å². The summed E-state index contributed by atoms with van der Waals surface area (Å²) in [4.78, 5) is 0. The Morgan fingerprint density at radius 1 is 0.900 bits per heavy atom. The van der Waals surface area contributed by atoms with Crippen LogP contribution in [0.4, 0.5) is 0 Å². The van der Waals surface area contributed by atoms with E-state index in [4.69, 9.17) is 0 Å². The quantitative estimate of drug-likeness (QED) is 0.852. The van der Waals surface area contributed by atoms with Gasteiger partial charge in [0.1, 0.15) is 5.25 Å². The predicted molar refractivity (Wildman–Crippen MR) is 80.2 cm³/mol. The monoisotopic (exact) mass is 290 g/mol. The van der Waals surface area contributed by atoms with Gasteiger partial charge in [-0.3, -0.25) is 4.55 Å². The van der Waals surface area contributed by atoms with Crippen LogP contribution in [-0.2, 0) is 10.1 Å². The van der Waals surface area contributed by atoms with Crippen molar-refractivity contribution in [2.24, 2.45) is 0 Å². The molecule has 2 aromatic rings. The normalized spacial score (nSPS) is 14.7. The SMILES string of the molecule is CCC(c1ccccc1)C(c1ccccc1)S(=O)(=O)O. The third-order valence-corrected chi connectivity index (χ3v) is 4.72. The van der Waals surface area contributed by atoms with Crippen LogP contribution in [0.1, 0.15) is 35.6 Å². The largest absolute Gasteiger partial charge is 0.285 e. The second-order valence-electron chi connectivity index (χ2n) is 4.77. The van der Waals surface area contributed by atoms with E-state index in [0.717, 1.165) is 5.56 Å². The van der Waals surface area contributed by atoms with Crippen molar-refractivity contribution in [2.45, 2.75) is 24.5 Å². The van der Waals surface area contributed by atoms with Gasteiger partial charge in [0, 0.05) is 5.92 Å². The molecule has 0 aromatic heterocycles. The predicted octanol–water partition coefficient (Wildman–Crippen LogP) is 3.81. The molecule has 0 aliphatic rings. The molecule has 2 rings (SSSR count). The summed E-state index contributed by atoms with van der Waals surface area (Å²) >= 11 is 0. The Kier molecular flexibility index (Phi) is 4.57. The molecule has 0 amide bonds. The smallest absolute Gasteiger partial charge is 0.272 e. The van der Waals surface area contributed by atoms with Gasteiger partial charge in [-0.1, -0.05) is 67.6 Å². The molecular formula is C16H18O3S. The molecule has 0 aliphatic carbocycles. The third-order valence-electron chi connectivity index (χ3n) is 3.48. The van der Waals surface area contributed by atoms with Gasteiger partial charge < -0.3 is 0 Å². The minimum absolute atomic E-state index is 0.270. The average molecular weight is 290 g/mol. The van der Waals surface area contributed by atoms with Gasteiger partial charge in [0.05, 0.1) is 0 Å². The Balaban J connectivity index is 2.51. The number of benzene rings is 2. The van der Waals surface area contributed by atoms with Crippen LogP contribution in [0.5, 0.6) is 0 Å². The molecule has 0 radical (unpaired) electrons. The van der Waals surface area contributed by atoms with Crippen molar-refractivity contribution in [1.29, 1.82) is 0 Å². The molecule has 0 bridgehead atoms. The summed E-state index contributed by atoms with van der Waals surface area (Å²) < 4.78 is 33.4. The summed E-state index contributed by atoms with van der Waals surface area (Å²) in [6.07, 6.45) is 0.628. The standard InChI is InChI=1S/C16H18O3S/c1-2-15(13-9-5-3-6-10-13)16(20(17,18)19)14-11-7-4-8-12-14/h3-12,15-16H,2H2,1H3,(H,17,18,19). The maximum absolute atomic E-state index is 11.9. The molecule has 3 nitrogen and oxygen atoms in total. The van der Waals surface area contributed by atoms with E-state index in [1.54, 1.807) is 24.3 Å². The van der Waals surface area contributed by atoms with Gasteiger partial charge in [-0.05, 0) is 17.5 Å². The Morgan fingerprint density at radius 2 is 1.35 bits per heavy atom. The molecule has 106 valence electrons. The lowest BCUT2D eigenvalue weighted by molar-refractivity contribution is 0.451. The van der Waals surface area contributed by atoms with E-state index in [1.807, 2.05) is 43.3 Å². The van der Waals surface area contributed by atoms with Crippen molar-refractivity contribution in [3.05, 3.63) is 71.8 Å². The van der Waals surface area contributed by atoms with E-state index in [9.17, 15) is 13.0 Å². The van der Waals surface area contributed by atoms with Gasteiger partial charge in [-0.15, -0.1) is 0 Å². The molecule has 2 aromatic carbocycles. The fourth-order valence-corrected chi connectivity index (χ4v) is 3.85. The highest BCUT2D eigenvalue weighted by molar-refractivity contribution is 7.86. The van der Waals surface area contributed by atoms with Gasteiger partial charge in [-0.25, -0.2) is 0 Å². The molecule has 0 saturated heterocycles. The summed E-state index contributed by atoms with van der Waals surface area (Å²) in [6.45, 7) is 1.93. The number of rotatable bonds is 5. The highest BCUT2D eigenvalue weighted by Crippen LogP contribution is 2.38. The lowest BCUT2D eigenvalue weighted by Gasteiger charge is -2.24. The zero-order valence-electron chi connectivity index (χ0n) is 11.3. The van der Waals surface area contributed by atoms with Crippen LogP contribution in [0, 0.1) is 0 Å². The summed E-state index contributed by atoms with van der Waals surface area (Å²) in [6, 6.07) is 18.3. The van der Waals surface area contributed by atoms with Crippen molar-refractivity contribution in [3.63, 3.8) is 0 Å². The Hall–Kier alpha value is -1.65. The summed E-state index contributed by atoms with van der Waals surface area (Å²) in [5.41, 5.74) is 1.53. The molecule has 2 atom stereocenters. The minimum atomic E-state index is -4.18. The van der Waals surface area contributed by atoms with Crippen LogP contribution >= 0.6 is 0 Å². The lowest BCUT2D eigenvalue weighted by Crippen LogP contribution is -2.20. The van der Waals surface area contributed by atoms with Crippen LogP contribution in [0.25, 0.3) is 0 Å². The van der Waals surface area contributed by atoms with E-state index >= 15 is 0 Å². The Morgan fingerprint density at radius 3 is 1.75 bits per heavy atom. The van der Waals surface area contributed by atoms with Crippen LogP contribution in [0.15, 0.2) is 60.7 Å². The number of hydrogen-bond acceptors (Lipinski definition) is 2. The van der Waals surface area contributed by atoms with Crippen molar-refractivity contribution in [1.82, 2.24) is 0 Å². The van der Waals surface area contributed by atoms with Crippen molar-refractivity contribution < 1.29 is 13.0 Å². The Bertz CT molecular complexity index is 636. The molecule has 0 heterocycles. The van der Waals surface area contributed by atoms with Gasteiger partial charge in [0.25, 0.3) is 10.1 Å². The second kappa shape index (κ2) is 6.20. The van der Waals surface area contributed by atoms with Gasteiger partial charge >= 0.3 is 0 Å². The second-order valence-corrected chi connectivity index (χ2v) is 6.31. The molecule has 4 heteroatoms. The van der Waals surface area contributed by atoms with Crippen molar-refractivity contribution in [2.75, 3.05) is 0 Å². The number of hydrogen-bond donors (Lipinski definition) is 1. The zero-order valence-corrected chi connectivity index (χ0v) is 12.1. The fraction of sp³-hybridized carbons (Fsp3) is 0.250. The van der Waals surface area contributed by atoms with Crippen LogP contribution in [-0.4, -0.2) is 13.0 Å². The van der Waals surface area contributed by atoms with Crippen LogP contribution < -0.4 is 0 Å². The molecule has 0 saturated carbocycles. The molecule has 20 heavy (non-hydrogen) atoms. The van der Waals surface area contributed by atoms with Crippen molar-refractivity contribution >= 4 is 10.1 Å². The first kappa shape index (κ1) is 14.8. The first-order valence-corrected chi connectivity index (χ1v) is 8.10. The maximum atomic E-state index is 11.9. The minimum Gasteiger partial charge on any atom is -0.285 e. The van der Waals surface area contributed by atoms with E-state index in [0.29, 0.717) is 12.0 Å². The fourth-order valence-electron chi connectivity index (χ4n) is 2.58. The van der Waals surface area contributed by atoms with E-state index in [1.165, 1.54) is 0 Å². The Labute approximate surface area is 120 Å². The van der Waals surface area contributed by atoms with Crippen molar-refractivity contribution in [3.8, 4) is 0 Å². The van der Waals surface area contributed by atoms with E-state index < -0.39 is 15.4 Å². The van der Waals surface area contributed by atoms with Gasteiger partial charge in [-0.2, -0.15) is 8.42 Å². The third kappa shape index (κ3) is 3.26. The lowest BCUT2D eigenvalue weighted by atomic mass is 9.89. The van der Waals surface area contributed by atoms with Crippen LogP contribution in [0.2, 0.25) is 0 Å². The van der Waals surface area contributed by atoms with E-state index in [-0.39, 0.29) is 5.92 Å². The summed E-state index contributed by atoms with van der Waals surface area (Å²) in [7, 11) is -4.18. The summed E-state index contributed by atoms with van der Waals surface area (Å²) in [5, 5.41) is -0.934. The first-order valence-electron chi connectivity index (χ1n) is 6.60. The molecule has 1 N–H and O–H groups in total. The zero-order chi connectivity index (χ0) is 14.6. The average Bonchev–Trinajstić information content (AvgIpc) is 2.45.